The highest BCUT2D eigenvalue weighted by molar-refractivity contribution is 6.28. The van der Waals surface area contributed by atoms with Gasteiger partial charge in [-0.05, 0) is 81.9 Å². The van der Waals surface area contributed by atoms with Gasteiger partial charge < -0.3 is 5.32 Å². The molecule has 4 fully saturated rings. The quantitative estimate of drug-likeness (QED) is 0.832. The van der Waals surface area contributed by atoms with Crippen molar-refractivity contribution in [2.24, 2.45) is 17.3 Å². The van der Waals surface area contributed by atoms with Crippen LogP contribution in [0.1, 0.15) is 64.1 Å². The molecule has 4 bridgehead atoms. The van der Waals surface area contributed by atoms with Gasteiger partial charge in [0.2, 0.25) is 11.2 Å². The summed E-state index contributed by atoms with van der Waals surface area (Å²) in [6.45, 7) is 4.92. The van der Waals surface area contributed by atoms with Gasteiger partial charge in [-0.25, -0.2) is 9.67 Å². The first kappa shape index (κ1) is 18.2. The zero-order valence-electron chi connectivity index (χ0n) is 16.4. The van der Waals surface area contributed by atoms with Gasteiger partial charge in [0, 0.05) is 12.7 Å². The summed E-state index contributed by atoms with van der Waals surface area (Å²) in [4.78, 5) is 17.7. The fourth-order valence-electron chi connectivity index (χ4n) is 6.62. The number of aromatic nitrogens is 5. The van der Waals surface area contributed by atoms with Crippen LogP contribution in [-0.4, -0.2) is 30.5 Å². The molecular weight excluding hydrogens is 376 g/mol. The number of rotatable bonds is 5. The summed E-state index contributed by atoms with van der Waals surface area (Å²) in [7, 11) is 0. The Morgan fingerprint density at radius 1 is 1.36 bits per heavy atom. The van der Waals surface area contributed by atoms with E-state index in [-0.39, 0.29) is 28.2 Å². The highest BCUT2D eigenvalue weighted by atomic mass is 35.5. The van der Waals surface area contributed by atoms with E-state index in [0.29, 0.717) is 11.8 Å². The Morgan fingerprint density at radius 2 is 2.11 bits per heavy atom. The van der Waals surface area contributed by atoms with Crippen LogP contribution < -0.4 is 5.32 Å². The second kappa shape index (κ2) is 6.31. The Balaban J connectivity index is 1.42. The molecule has 0 radical (unpaired) electrons. The van der Waals surface area contributed by atoms with Gasteiger partial charge in [-0.15, -0.1) is 5.10 Å². The minimum atomic E-state index is -0.312. The third-order valence-corrected chi connectivity index (χ3v) is 7.48. The van der Waals surface area contributed by atoms with E-state index in [2.05, 4.69) is 34.3 Å². The van der Waals surface area contributed by atoms with Gasteiger partial charge in [0.05, 0.1) is 22.7 Å². The smallest absolute Gasteiger partial charge is 0.242 e. The molecule has 0 spiro atoms. The number of carbonyl (C=O) groups excluding carboxylic acids is 1. The molecule has 0 saturated heterocycles. The molecule has 1 N–H and O–H groups in total. The van der Waals surface area contributed by atoms with Crippen LogP contribution in [0, 0.1) is 17.3 Å². The largest absolute Gasteiger partial charge is 0.348 e. The van der Waals surface area contributed by atoms with Gasteiger partial charge in [-0.3, -0.25) is 9.48 Å². The average molecular weight is 403 g/mol. The van der Waals surface area contributed by atoms with E-state index in [1.165, 1.54) is 6.42 Å². The van der Waals surface area contributed by atoms with Crippen LogP contribution >= 0.6 is 11.6 Å². The van der Waals surface area contributed by atoms with Crippen LogP contribution in [0.25, 0.3) is 0 Å². The minimum absolute atomic E-state index is 0.0558. The van der Waals surface area contributed by atoms with Crippen molar-refractivity contribution in [3.63, 3.8) is 0 Å². The number of nitrogens with one attached hydrogen (secondary N) is 1. The maximum absolute atomic E-state index is 13.6. The number of carbonyl (C=O) groups is 1. The fraction of sp³-hybridized carbons (Fsp3) is 0.700. The number of amides is 1. The molecule has 3 unspecified atom stereocenters. The van der Waals surface area contributed by atoms with E-state index in [1.807, 2.05) is 15.4 Å². The lowest BCUT2D eigenvalue weighted by atomic mass is 9.46. The highest BCUT2D eigenvalue weighted by Gasteiger charge is 2.61. The predicted octanol–water partition coefficient (Wildman–Crippen LogP) is 3.32. The summed E-state index contributed by atoms with van der Waals surface area (Å²) in [5.41, 5.74) is 0.627. The zero-order valence-corrected chi connectivity index (χ0v) is 17.2. The molecule has 2 aromatic rings. The number of nitrogens with zero attached hydrogens (tertiary/aromatic N) is 5. The van der Waals surface area contributed by atoms with Crippen molar-refractivity contribution in [3.05, 3.63) is 29.6 Å². The van der Waals surface area contributed by atoms with E-state index in [4.69, 9.17) is 11.6 Å². The van der Waals surface area contributed by atoms with Crippen molar-refractivity contribution in [2.45, 2.75) is 70.5 Å². The van der Waals surface area contributed by atoms with Crippen LogP contribution in [0.2, 0.25) is 5.28 Å². The van der Waals surface area contributed by atoms with E-state index >= 15 is 0 Å². The lowest BCUT2D eigenvalue weighted by Crippen LogP contribution is -2.61. The molecule has 0 aromatic carbocycles. The minimum Gasteiger partial charge on any atom is -0.348 e. The Kier molecular flexibility index (Phi) is 4.09. The van der Waals surface area contributed by atoms with E-state index in [0.717, 1.165) is 44.3 Å². The number of hydrogen-bond acceptors (Lipinski definition) is 4. The summed E-state index contributed by atoms with van der Waals surface area (Å²) in [5, 5.41) is 12.4. The second-order valence-corrected chi connectivity index (χ2v) is 9.53. The van der Waals surface area contributed by atoms with Crippen molar-refractivity contribution < 1.29 is 4.79 Å². The third-order valence-electron chi connectivity index (χ3n) is 7.30. The second-order valence-electron chi connectivity index (χ2n) is 9.19. The summed E-state index contributed by atoms with van der Waals surface area (Å²) >= 11 is 6.02. The standard InChI is InChI=1S/C20H27ClN6O/c1-3-26-16(4-5-23-26)13(2)24-17(28)19-7-14-6-15(8-19)10-20(9-14,11-19)27-12-22-18(21)25-27/h4-5,12-15H,3,6-11H2,1-2H3,(H,24,28). The van der Waals surface area contributed by atoms with Gasteiger partial charge in [0.25, 0.3) is 0 Å². The van der Waals surface area contributed by atoms with Crippen LogP contribution in [0.5, 0.6) is 0 Å². The number of hydrogen-bond donors (Lipinski definition) is 1. The Hall–Kier alpha value is -1.89. The van der Waals surface area contributed by atoms with Gasteiger partial charge in [-0.1, -0.05) is 0 Å². The molecule has 4 aliphatic carbocycles. The SMILES string of the molecule is CCn1nccc1C(C)NC(=O)C12CC3CC(C1)CC(n1cnc(Cl)n1)(C3)C2. The molecule has 2 heterocycles. The molecule has 28 heavy (non-hydrogen) atoms. The fourth-order valence-corrected chi connectivity index (χ4v) is 6.74. The lowest BCUT2D eigenvalue weighted by molar-refractivity contribution is -0.156. The van der Waals surface area contributed by atoms with Crippen molar-refractivity contribution in [3.8, 4) is 0 Å². The summed E-state index contributed by atoms with van der Waals surface area (Å²) in [6.07, 6.45) is 9.75. The first-order chi connectivity index (χ1) is 13.4. The van der Waals surface area contributed by atoms with Crippen molar-refractivity contribution in [1.82, 2.24) is 29.9 Å². The Labute approximate surface area is 169 Å². The normalized spacial score (nSPS) is 34.5. The summed E-state index contributed by atoms with van der Waals surface area (Å²) < 4.78 is 3.91. The van der Waals surface area contributed by atoms with Gasteiger partial charge in [0.1, 0.15) is 6.33 Å². The molecule has 4 aliphatic rings. The third kappa shape index (κ3) is 2.70. The van der Waals surface area contributed by atoms with Crippen molar-refractivity contribution in [1.29, 1.82) is 0 Å². The first-order valence-corrected chi connectivity index (χ1v) is 10.7. The van der Waals surface area contributed by atoms with E-state index < -0.39 is 0 Å². The molecule has 150 valence electrons. The Bertz CT molecular complexity index is 890. The van der Waals surface area contributed by atoms with Gasteiger partial charge >= 0.3 is 0 Å². The number of halogens is 1. The van der Waals surface area contributed by atoms with Gasteiger partial charge in [0.15, 0.2) is 0 Å². The van der Waals surface area contributed by atoms with Crippen LogP contribution in [0.4, 0.5) is 0 Å². The lowest BCUT2D eigenvalue weighted by Gasteiger charge is -2.61. The average Bonchev–Trinajstić information content (AvgIpc) is 3.29. The van der Waals surface area contributed by atoms with Crippen LogP contribution in [0.15, 0.2) is 18.6 Å². The maximum Gasteiger partial charge on any atom is 0.242 e. The molecule has 7 nitrogen and oxygen atoms in total. The van der Waals surface area contributed by atoms with Crippen LogP contribution in [-0.2, 0) is 16.9 Å². The monoisotopic (exact) mass is 402 g/mol. The first-order valence-electron chi connectivity index (χ1n) is 10.3. The van der Waals surface area contributed by atoms with Gasteiger partial charge in [-0.2, -0.15) is 5.10 Å². The topological polar surface area (TPSA) is 77.6 Å². The van der Waals surface area contributed by atoms with Crippen LogP contribution in [0.3, 0.4) is 0 Å². The molecule has 2 aromatic heterocycles. The van der Waals surface area contributed by atoms with E-state index in [1.54, 1.807) is 12.5 Å². The summed E-state index contributed by atoms with van der Waals surface area (Å²) in [6, 6.07) is 1.94. The highest BCUT2D eigenvalue weighted by Crippen LogP contribution is 2.64. The predicted molar refractivity (Wildman–Crippen MR) is 105 cm³/mol. The molecule has 8 heteroatoms. The molecule has 3 atom stereocenters. The Morgan fingerprint density at radius 3 is 2.75 bits per heavy atom. The molecule has 4 saturated carbocycles. The maximum atomic E-state index is 13.6. The molecule has 0 aliphatic heterocycles. The molecule has 1 amide bonds. The summed E-state index contributed by atoms with van der Waals surface area (Å²) in [5.74, 6) is 1.34. The molecular formula is C20H27ClN6O. The molecule has 6 rings (SSSR count). The van der Waals surface area contributed by atoms with Crippen molar-refractivity contribution in [2.75, 3.05) is 0 Å². The van der Waals surface area contributed by atoms with E-state index in [9.17, 15) is 4.79 Å². The zero-order chi connectivity index (χ0) is 19.5. The number of aryl methyl sites for hydroxylation is 1. The van der Waals surface area contributed by atoms with Crippen molar-refractivity contribution >= 4 is 17.5 Å².